The molecule has 12 heteroatoms. The molecule has 1 aromatic heterocycles. The fourth-order valence-corrected chi connectivity index (χ4v) is 6.05. The van der Waals surface area contributed by atoms with Gasteiger partial charge in [0.05, 0.1) is 49.8 Å². The largest absolute Gasteiger partial charge is 0.497 e. The Kier molecular flexibility index (Phi) is 9.27. The Balaban J connectivity index is 1.49. The summed E-state index contributed by atoms with van der Waals surface area (Å²) >= 11 is 1.22. The summed E-state index contributed by atoms with van der Waals surface area (Å²) in [6.45, 7) is 5.74. The third-order valence-corrected chi connectivity index (χ3v) is 8.14. The number of hydrogen-bond donors (Lipinski definition) is 0. The van der Waals surface area contributed by atoms with Crippen molar-refractivity contribution in [2.75, 3.05) is 53.7 Å². The van der Waals surface area contributed by atoms with Crippen molar-refractivity contribution >= 4 is 29.3 Å². The Hall–Kier alpha value is -4.42. The lowest BCUT2D eigenvalue weighted by atomic mass is 9.94. The molecule has 43 heavy (non-hydrogen) atoms. The Bertz CT molecular complexity index is 1720. The van der Waals surface area contributed by atoms with Crippen LogP contribution >= 0.6 is 11.3 Å². The topological polar surface area (TPSA) is 118 Å². The maximum Gasteiger partial charge on any atom is 0.338 e. The van der Waals surface area contributed by atoms with E-state index in [4.69, 9.17) is 23.7 Å². The molecular weight excluding hydrogens is 574 g/mol. The Morgan fingerprint density at radius 2 is 1.79 bits per heavy atom. The normalized spacial score (nSPS) is 16.8. The van der Waals surface area contributed by atoms with Gasteiger partial charge in [-0.1, -0.05) is 23.5 Å². The predicted octanol–water partition coefficient (Wildman–Crippen LogP) is 2.05. The van der Waals surface area contributed by atoms with E-state index in [9.17, 15) is 14.4 Å². The van der Waals surface area contributed by atoms with Crippen LogP contribution in [0.5, 0.6) is 17.2 Å². The van der Waals surface area contributed by atoms with Crippen molar-refractivity contribution in [3.63, 3.8) is 0 Å². The summed E-state index contributed by atoms with van der Waals surface area (Å²) in [4.78, 5) is 46.3. The molecule has 1 saturated heterocycles. The molecule has 11 nitrogen and oxygen atoms in total. The third-order valence-electron chi connectivity index (χ3n) is 7.15. The van der Waals surface area contributed by atoms with E-state index in [1.165, 1.54) is 23.0 Å². The number of benzene rings is 2. The van der Waals surface area contributed by atoms with Gasteiger partial charge in [-0.15, -0.1) is 0 Å². The molecule has 2 aliphatic heterocycles. The van der Waals surface area contributed by atoms with E-state index >= 15 is 0 Å². The van der Waals surface area contributed by atoms with Gasteiger partial charge < -0.3 is 28.6 Å². The Morgan fingerprint density at radius 3 is 2.47 bits per heavy atom. The predicted molar refractivity (Wildman–Crippen MR) is 159 cm³/mol. The van der Waals surface area contributed by atoms with Crippen LogP contribution in [-0.2, 0) is 19.1 Å². The zero-order chi connectivity index (χ0) is 30.5. The number of hydrogen-bond acceptors (Lipinski definition) is 10. The summed E-state index contributed by atoms with van der Waals surface area (Å²) in [5.41, 5.74) is 1.72. The number of thiazole rings is 1. The smallest absolute Gasteiger partial charge is 0.338 e. The average Bonchev–Trinajstić information content (AvgIpc) is 3.33. The van der Waals surface area contributed by atoms with Crippen LogP contribution < -0.4 is 29.1 Å². The summed E-state index contributed by atoms with van der Waals surface area (Å²) in [6, 6.07) is 11.5. The highest BCUT2D eigenvalue weighted by Gasteiger charge is 2.35. The van der Waals surface area contributed by atoms with E-state index in [0.29, 0.717) is 64.1 Å². The fraction of sp³-hybridized carbons (Fsp3) is 0.355. The molecule has 2 aliphatic rings. The number of nitrogens with zero attached hydrogens (tertiary/aromatic N) is 3. The van der Waals surface area contributed by atoms with Gasteiger partial charge in [0.15, 0.2) is 11.4 Å². The van der Waals surface area contributed by atoms with Crippen LogP contribution in [0.3, 0.4) is 0 Å². The number of ether oxygens (including phenoxy) is 5. The summed E-state index contributed by atoms with van der Waals surface area (Å²) in [7, 11) is 3.07. The lowest BCUT2D eigenvalue weighted by molar-refractivity contribution is -0.139. The maximum absolute atomic E-state index is 13.9. The molecule has 226 valence electrons. The first-order valence-corrected chi connectivity index (χ1v) is 14.7. The molecule has 2 aromatic carbocycles. The van der Waals surface area contributed by atoms with Gasteiger partial charge in [0.1, 0.15) is 23.3 Å². The second kappa shape index (κ2) is 13.3. The minimum Gasteiger partial charge on any atom is -0.497 e. The quantitative estimate of drug-likeness (QED) is 0.340. The van der Waals surface area contributed by atoms with Crippen molar-refractivity contribution in [1.82, 2.24) is 9.47 Å². The molecule has 0 spiro atoms. The summed E-state index contributed by atoms with van der Waals surface area (Å²) < 4.78 is 29.4. The van der Waals surface area contributed by atoms with Crippen molar-refractivity contribution in [2.45, 2.75) is 19.9 Å². The van der Waals surface area contributed by atoms with Gasteiger partial charge in [-0.2, -0.15) is 0 Å². The maximum atomic E-state index is 13.9. The number of morpholine rings is 1. The molecule has 0 bridgehead atoms. The van der Waals surface area contributed by atoms with Gasteiger partial charge in [0, 0.05) is 18.7 Å². The minimum absolute atomic E-state index is 0.0617. The molecule has 1 fully saturated rings. The minimum atomic E-state index is -0.845. The van der Waals surface area contributed by atoms with Crippen LogP contribution in [0.25, 0.3) is 6.08 Å². The van der Waals surface area contributed by atoms with Gasteiger partial charge in [-0.3, -0.25) is 14.2 Å². The number of carbonyl (C=O) groups is 2. The Labute approximate surface area is 252 Å². The van der Waals surface area contributed by atoms with Crippen LogP contribution in [0, 0.1) is 0 Å². The Morgan fingerprint density at radius 1 is 1.07 bits per heavy atom. The van der Waals surface area contributed by atoms with Crippen LogP contribution in [0.4, 0.5) is 0 Å². The lowest BCUT2D eigenvalue weighted by Crippen LogP contribution is -2.42. The van der Waals surface area contributed by atoms with Gasteiger partial charge in [-0.05, 0) is 55.8 Å². The molecule has 0 saturated carbocycles. The van der Waals surface area contributed by atoms with Crippen molar-refractivity contribution in [3.8, 4) is 17.2 Å². The second-order valence-corrected chi connectivity index (χ2v) is 10.8. The molecule has 0 unspecified atom stereocenters. The number of fused-ring (bicyclic) bond motifs is 1. The first kappa shape index (κ1) is 30.1. The molecular formula is C31H33N3O8S. The van der Waals surface area contributed by atoms with Crippen molar-refractivity contribution in [1.29, 1.82) is 0 Å². The van der Waals surface area contributed by atoms with Crippen LogP contribution in [0.1, 0.15) is 31.0 Å². The van der Waals surface area contributed by atoms with E-state index < -0.39 is 12.0 Å². The number of rotatable bonds is 9. The monoisotopic (exact) mass is 607 g/mol. The zero-order valence-electron chi connectivity index (χ0n) is 24.5. The van der Waals surface area contributed by atoms with E-state index in [1.54, 1.807) is 62.3 Å². The van der Waals surface area contributed by atoms with Gasteiger partial charge in [0.2, 0.25) is 0 Å². The number of aromatic nitrogens is 1. The molecule has 0 radical (unpaired) electrons. The van der Waals surface area contributed by atoms with Gasteiger partial charge in [-0.25, -0.2) is 9.79 Å². The van der Waals surface area contributed by atoms with Gasteiger partial charge >= 0.3 is 5.97 Å². The lowest BCUT2D eigenvalue weighted by Gasteiger charge is -2.26. The SMILES string of the molecule is CCOC(=O)C1=C(C)N=c2s/c(=C/c3ccc(OCC(=O)N4CCOCC4)cc3)c(=O)n2[C@@H]1c1cc(OC)ccc1OC. The molecule has 3 heterocycles. The van der Waals surface area contributed by atoms with Crippen molar-refractivity contribution in [2.24, 2.45) is 4.99 Å². The molecule has 1 atom stereocenters. The number of methoxy groups -OCH3 is 2. The van der Waals surface area contributed by atoms with Crippen molar-refractivity contribution in [3.05, 3.63) is 84.5 Å². The standard InChI is InChI=1S/C31H33N3O8S/c1-5-41-30(37)27-19(2)32-31-34(28(27)23-17-22(38-3)10-11-24(23)39-4)29(36)25(43-31)16-20-6-8-21(9-7-20)42-18-26(35)33-12-14-40-15-13-33/h6-11,16-17,28H,5,12-15,18H2,1-4H3/b25-16+/t28-/m1/s1. The second-order valence-electron chi connectivity index (χ2n) is 9.76. The molecule has 0 N–H and O–H groups in total. The molecule has 3 aromatic rings. The first-order chi connectivity index (χ1) is 20.8. The van der Waals surface area contributed by atoms with Crippen molar-refractivity contribution < 1.29 is 33.3 Å². The van der Waals surface area contributed by atoms with Crippen LogP contribution in [-0.4, -0.2) is 75.1 Å². The van der Waals surface area contributed by atoms with Gasteiger partial charge in [0.25, 0.3) is 11.5 Å². The number of allylic oxidation sites excluding steroid dienone is 1. The van der Waals surface area contributed by atoms with E-state index in [2.05, 4.69) is 4.99 Å². The van der Waals surface area contributed by atoms with Crippen LogP contribution in [0.2, 0.25) is 0 Å². The zero-order valence-corrected chi connectivity index (χ0v) is 25.3. The molecule has 1 amide bonds. The first-order valence-electron chi connectivity index (χ1n) is 13.8. The summed E-state index contributed by atoms with van der Waals surface area (Å²) in [6.07, 6.45) is 1.76. The number of amides is 1. The molecule has 5 rings (SSSR count). The number of carbonyl (C=O) groups excluding carboxylic acids is 2. The van der Waals surface area contributed by atoms with Crippen LogP contribution in [0.15, 0.2) is 63.5 Å². The number of esters is 1. The molecule has 0 aliphatic carbocycles. The van der Waals surface area contributed by atoms with E-state index in [1.807, 2.05) is 12.1 Å². The van der Waals surface area contributed by atoms with E-state index in [0.717, 1.165) is 5.56 Å². The highest BCUT2D eigenvalue weighted by atomic mass is 32.1. The van der Waals surface area contributed by atoms with E-state index in [-0.39, 0.29) is 30.3 Å². The fourth-order valence-electron chi connectivity index (χ4n) is 5.00. The summed E-state index contributed by atoms with van der Waals surface area (Å²) in [5.74, 6) is 0.924. The highest BCUT2D eigenvalue weighted by molar-refractivity contribution is 7.07. The third kappa shape index (κ3) is 6.35. The summed E-state index contributed by atoms with van der Waals surface area (Å²) in [5, 5.41) is 0. The average molecular weight is 608 g/mol. The highest BCUT2D eigenvalue weighted by Crippen LogP contribution is 2.37.